The third kappa shape index (κ3) is 3.78. The van der Waals surface area contributed by atoms with Crippen LogP contribution in [0.15, 0.2) is 48.5 Å². The molecule has 1 aliphatic heterocycles. The standard InChI is InChI=1S/C29H34N2O2/c1-19(23-6-3-2-4-7-23)31-11-10-24-25(28(31)33)8-5-9-26(24)30-27(32)18-29-15-20-12-21(16-29)14-22(13-20)17-29/h2-9,19-22H,10-18H2,1H3,(H,30,32). The van der Waals surface area contributed by atoms with Crippen molar-refractivity contribution in [1.29, 1.82) is 0 Å². The van der Waals surface area contributed by atoms with Crippen molar-refractivity contribution in [3.63, 3.8) is 0 Å². The van der Waals surface area contributed by atoms with Crippen LogP contribution in [0.3, 0.4) is 0 Å². The molecule has 1 atom stereocenters. The topological polar surface area (TPSA) is 49.4 Å². The fourth-order valence-electron chi connectivity index (χ4n) is 7.98. The Bertz CT molecular complexity index is 1040. The van der Waals surface area contributed by atoms with Gasteiger partial charge in [-0.05, 0) is 98.3 Å². The lowest BCUT2D eigenvalue weighted by Crippen LogP contribution is -2.47. The minimum Gasteiger partial charge on any atom is -0.332 e. The molecule has 4 saturated carbocycles. The summed E-state index contributed by atoms with van der Waals surface area (Å²) in [6, 6.07) is 16.0. The Morgan fingerprint density at radius 2 is 1.67 bits per heavy atom. The maximum Gasteiger partial charge on any atom is 0.254 e. The SMILES string of the molecule is CC(c1ccccc1)N1CCc2c(NC(=O)CC34CC5CC(CC(C5)C3)C4)cccc2C1=O. The molecule has 0 aromatic heterocycles. The number of amides is 2. The molecule has 172 valence electrons. The molecule has 2 aromatic rings. The van der Waals surface area contributed by atoms with E-state index in [1.807, 2.05) is 41.3 Å². The van der Waals surface area contributed by atoms with E-state index in [4.69, 9.17) is 0 Å². The molecule has 1 heterocycles. The number of fused-ring (bicyclic) bond motifs is 1. The number of carbonyl (C=O) groups is 2. The average molecular weight is 443 g/mol. The van der Waals surface area contributed by atoms with Gasteiger partial charge in [0.05, 0.1) is 6.04 Å². The predicted octanol–water partition coefficient (Wildman–Crippen LogP) is 5.99. The van der Waals surface area contributed by atoms with E-state index < -0.39 is 0 Å². The van der Waals surface area contributed by atoms with Crippen molar-refractivity contribution in [2.45, 2.75) is 64.3 Å². The zero-order valence-corrected chi connectivity index (χ0v) is 19.6. The molecule has 4 heteroatoms. The Hall–Kier alpha value is -2.62. The van der Waals surface area contributed by atoms with E-state index in [0.717, 1.165) is 46.6 Å². The summed E-state index contributed by atoms with van der Waals surface area (Å²) in [6.45, 7) is 2.76. The van der Waals surface area contributed by atoms with E-state index in [1.54, 1.807) is 0 Å². The molecule has 4 aliphatic carbocycles. The van der Waals surface area contributed by atoms with Gasteiger partial charge >= 0.3 is 0 Å². The first-order valence-electron chi connectivity index (χ1n) is 12.8. The molecule has 33 heavy (non-hydrogen) atoms. The van der Waals surface area contributed by atoms with Crippen LogP contribution in [0.25, 0.3) is 0 Å². The van der Waals surface area contributed by atoms with Crippen LogP contribution in [0.4, 0.5) is 5.69 Å². The van der Waals surface area contributed by atoms with E-state index in [0.29, 0.717) is 13.0 Å². The quantitative estimate of drug-likeness (QED) is 0.618. The fraction of sp³-hybridized carbons (Fsp3) is 0.517. The normalized spacial score (nSPS) is 30.8. The van der Waals surface area contributed by atoms with Gasteiger partial charge < -0.3 is 10.2 Å². The number of hydrogen-bond acceptors (Lipinski definition) is 2. The maximum absolute atomic E-state index is 13.4. The van der Waals surface area contributed by atoms with Gasteiger partial charge in [-0.3, -0.25) is 9.59 Å². The summed E-state index contributed by atoms with van der Waals surface area (Å²) in [6.07, 6.45) is 9.32. The molecule has 2 amide bonds. The first kappa shape index (κ1) is 20.9. The van der Waals surface area contributed by atoms with Gasteiger partial charge in [-0.2, -0.15) is 0 Å². The molecule has 1 unspecified atom stereocenters. The van der Waals surface area contributed by atoms with Crippen LogP contribution in [0, 0.1) is 23.2 Å². The molecule has 7 rings (SSSR count). The van der Waals surface area contributed by atoms with Crippen LogP contribution in [0.2, 0.25) is 0 Å². The van der Waals surface area contributed by atoms with Gasteiger partial charge in [0, 0.05) is 24.2 Å². The summed E-state index contributed by atoms with van der Waals surface area (Å²) < 4.78 is 0. The number of hydrogen-bond donors (Lipinski definition) is 1. The summed E-state index contributed by atoms with van der Waals surface area (Å²) in [5.74, 6) is 2.75. The Morgan fingerprint density at radius 3 is 2.33 bits per heavy atom. The Kier molecular flexibility index (Phi) is 5.08. The Balaban J connectivity index is 1.18. The van der Waals surface area contributed by atoms with Crippen LogP contribution in [0.5, 0.6) is 0 Å². The number of carbonyl (C=O) groups excluding carboxylic acids is 2. The first-order chi connectivity index (χ1) is 16.0. The maximum atomic E-state index is 13.4. The van der Waals surface area contributed by atoms with Gasteiger partial charge in [-0.15, -0.1) is 0 Å². The third-order valence-electron chi connectivity index (χ3n) is 8.99. The highest BCUT2D eigenvalue weighted by Crippen LogP contribution is 2.61. The number of rotatable bonds is 5. The first-order valence-corrected chi connectivity index (χ1v) is 12.8. The third-order valence-corrected chi connectivity index (χ3v) is 8.99. The number of nitrogens with one attached hydrogen (secondary N) is 1. The molecule has 2 aromatic carbocycles. The lowest BCUT2D eigenvalue weighted by molar-refractivity contribution is -0.124. The zero-order chi connectivity index (χ0) is 22.6. The molecule has 4 bridgehead atoms. The average Bonchev–Trinajstić information content (AvgIpc) is 2.78. The number of nitrogens with zero attached hydrogens (tertiary/aromatic N) is 1. The summed E-state index contributed by atoms with van der Waals surface area (Å²) in [7, 11) is 0. The van der Waals surface area contributed by atoms with Gasteiger partial charge in [0.15, 0.2) is 0 Å². The van der Waals surface area contributed by atoms with Gasteiger partial charge in [0.2, 0.25) is 5.91 Å². The van der Waals surface area contributed by atoms with Crippen molar-refractivity contribution in [2.24, 2.45) is 23.2 Å². The van der Waals surface area contributed by atoms with Gasteiger partial charge in [-0.25, -0.2) is 0 Å². The second-order valence-corrected chi connectivity index (χ2v) is 11.3. The van der Waals surface area contributed by atoms with E-state index in [2.05, 4.69) is 24.4 Å². The zero-order valence-electron chi connectivity index (χ0n) is 19.6. The minimum absolute atomic E-state index is 0.0289. The summed E-state index contributed by atoms with van der Waals surface area (Å²) in [4.78, 5) is 28.6. The molecule has 0 saturated heterocycles. The van der Waals surface area contributed by atoms with Crippen LogP contribution in [0.1, 0.15) is 79.4 Å². The molecular weight excluding hydrogens is 408 g/mol. The van der Waals surface area contributed by atoms with E-state index in [9.17, 15) is 9.59 Å². The van der Waals surface area contributed by atoms with Gasteiger partial charge in [0.1, 0.15) is 0 Å². The van der Waals surface area contributed by atoms with E-state index in [-0.39, 0.29) is 23.3 Å². The van der Waals surface area contributed by atoms with Crippen molar-refractivity contribution < 1.29 is 9.59 Å². The molecule has 5 aliphatic rings. The largest absolute Gasteiger partial charge is 0.332 e. The highest BCUT2D eigenvalue weighted by molar-refractivity contribution is 6.00. The second kappa shape index (κ2) is 8.00. The van der Waals surface area contributed by atoms with Crippen LogP contribution in [-0.2, 0) is 11.2 Å². The number of benzene rings is 2. The summed E-state index contributed by atoms with van der Waals surface area (Å²) in [5, 5.41) is 3.23. The highest BCUT2D eigenvalue weighted by Gasteiger charge is 2.51. The Morgan fingerprint density at radius 1 is 1.00 bits per heavy atom. The van der Waals surface area contributed by atoms with Crippen LogP contribution >= 0.6 is 0 Å². The van der Waals surface area contributed by atoms with Crippen LogP contribution < -0.4 is 5.32 Å². The molecule has 0 spiro atoms. The smallest absolute Gasteiger partial charge is 0.254 e. The van der Waals surface area contributed by atoms with Crippen molar-refractivity contribution in [3.05, 3.63) is 65.2 Å². The molecular formula is C29H34N2O2. The van der Waals surface area contributed by atoms with Gasteiger partial charge in [-0.1, -0.05) is 36.4 Å². The van der Waals surface area contributed by atoms with Crippen molar-refractivity contribution >= 4 is 17.5 Å². The number of anilines is 1. The van der Waals surface area contributed by atoms with E-state index in [1.165, 1.54) is 38.5 Å². The lowest BCUT2D eigenvalue weighted by atomic mass is 9.49. The van der Waals surface area contributed by atoms with Crippen LogP contribution in [-0.4, -0.2) is 23.3 Å². The minimum atomic E-state index is 0.0289. The lowest BCUT2D eigenvalue weighted by Gasteiger charge is -2.56. The molecule has 1 N–H and O–H groups in total. The van der Waals surface area contributed by atoms with Gasteiger partial charge in [0.25, 0.3) is 5.91 Å². The summed E-state index contributed by atoms with van der Waals surface area (Å²) >= 11 is 0. The second-order valence-electron chi connectivity index (χ2n) is 11.3. The molecule has 4 fully saturated rings. The monoisotopic (exact) mass is 442 g/mol. The van der Waals surface area contributed by atoms with Crippen molar-refractivity contribution in [3.8, 4) is 0 Å². The Labute approximate surface area is 196 Å². The molecule has 4 nitrogen and oxygen atoms in total. The summed E-state index contributed by atoms with van der Waals surface area (Å²) in [5.41, 5.74) is 3.94. The molecule has 0 radical (unpaired) electrons. The predicted molar refractivity (Wildman–Crippen MR) is 130 cm³/mol. The highest BCUT2D eigenvalue weighted by atomic mass is 16.2. The fourth-order valence-corrected chi connectivity index (χ4v) is 7.98. The van der Waals surface area contributed by atoms with Crippen molar-refractivity contribution in [2.75, 3.05) is 11.9 Å². The van der Waals surface area contributed by atoms with E-state index >= 15 is 0 Å². The van der Waals surface area contributed by atoms with Crippen molar-refractivity contribution in [1.82, 2.24) is 4.90 Å².